The fourth-order valence-corrected chi connectivity index (χ4v) is 2.51. The molecular formula is C16H17N6O2+. The fourth-order valence-electron chi connectivity index (χ4n) is 2.51. The number of benzene rings is 1. The number of nitrogens with zero attached hydrogens (tertiary/aromatic N) is 5. The summed E-state index contributed by atoms with van der Waals surface area (Å²) in [6, 6.07) is 9.69. The number of nitrogens with one attached hydrogen (secondary N) is 1. The number of rotatable bonds is 4. The quantitative estimate of drug-likeness (QED) is 0.526. The molecule has 8 nitrogen and oxygen atoms in total. The topological polar surface area (TPSA) is 96.5 Å². The fraction of sp³-hybridized carbons (Fsp3) is 0.312. The Labute approximate surface area is 137 Å². The van der Waals surface area contributed by atoms with Crippen LogP contribution in [0.5, 0.6) is 0 Å². The van der Waals surface area contributed by atoms with Crippen molar-refractivity contribution in [2.75, 3.05) is 5.43 Å². The van der Waals surface area contributed by atoms with Crippen molar-refractivity contribution in [3.05, 3.63) is 61.7 Å². The molecule has 1 aliphatic rings. The summed E-state index contributed by atoms with van der Waals surface area (Å²) in [4.78, 5) is 27.1. The van der Waals surface area contributed by atoms with Gasteiger partial charge in [0.2, 0.25) is 11.2 Å². The van der Waals surface area contributed by atoms with E-state index >= 15 is 0 Å². The standard InChI is InChI=1S/C16H16N6O2/c1-21-14(13(18-17)15(23)22(2)16(21)24)20-19-12(11-8-9-11)10-6-4-3-5-7-10/h3-7,11H,8-9H2,1-2H3/p+1/b19-12+. The number of hydrogen-bond donors (Lipinski definition) is 1. The van der Waals surface area contributed by atoms with E-state index in [1.165, 1.54) is 18.7 Å². The lowest BCUT2D eigenvalue weighted by molar-refractivity contribution is 0.694. The Morgan fingerprint density at radius 1 is 1.21 bits per heavy atom. The summed E-state index contributed by atoms with van der Waals surface area (Å²) in [5.41, 5.74) is 3.10. The van der Waals surface area contributed by atoms with Gasteiger partial charge in [0.05, 0.1) is 5.71 Å². The third kappa shape index (κ3) is 2.72. The first kappa shape index (κ1) is 15.7. The van der Waals surface area contributed by atoms with Gasteiger partial charge in [-0.15, -0.1) is 0 Å². The van der Waals surface area contributed by atoms with E-state index in [2.05, 4.69) is 15.5 Å². The highest BCUT2D eigenvalue weighted by molar-refractivity contribution is 6.04. The number of hydrogen-bond acceptors (Lipinski definition) is 5. The molecule has 0 amide bonds. The third-order valence-corrected chi connectivity index (χ3v) is 4.06. The molecular weight excluding hydrogens is 308 g/mol. The van der Waals surface area contributed by atoms with Crippen LogP contribution in [0.2, 0.25) is 0 Å². The summed E-state index contributed by atoms with van der Waals surface area (Å²) in [7, 11) is 2.81. The van der Waals surface area contributed by atoms with Gasteiger partial charge in [-0.05, 0) is 18.4 Å². The van der Waals surface area contributed by atoms with Gasteiger partial charge >= 0.3 is 16.9 Å². The van der Waals surface area contributed by atoms with Crippen LogP contribution in [0.25, 0.3) is 4.98 Å². The first-order valence-corrected chi connectivity index (χ1v) is 7.58. The summed E-state index contributed by atoms with van der Waals surface area (Å²) < 4.78 is 2.07. The monoisotopic (exact) mass is 325 g/mol. The van der Waals surface area contributed by atoms with Crippen LogP contribution in [0.3, 0.4) is 0 Å². The molecule has 24 heavy (non-hydrogen) atoms. The van der Waals surface area contributed by atoms with Crippen molar-refractivity contribution in [2.24, 2.45) is 25.1 Å². The zero-order valence-electron chi connectivity index (χ0n) is 13.4. The molecule has 0 bridgehead atoms. The second kappa shape index (κ2) is 6.12. The van der Waals surface area contributed by atoms with E-state index in [4.69, 9.17) is 5.39 Å². The summed E-state index contributed by atoms with van der Waals surface area (Å²) in [6.45, 7) is 0. The van der Waals surface area contributed by atoms with Gasteiger partial charge in [0, 0.05) is 20.0 Å². The maximum atomic E-state index is 12.1. The zero-order chi connectivity index (χ0) is 17.3. The molecule has 0 saturated heterocycles. The van der Waals surface area contributed by atoms with Crippen molar-refractivity contribution in [1.29, 1.82) is 5.39 Å². The van der Waals surface area contributed by atoms with Crippen molar-refractivity contribution >= 4 is 17.2 Å². The molecule has 0 unspecified atom stereocenters. The Morgan fingerprint density at radius 3 is 2.46 bits per heavy atom. The van der Waals surface area contributed by atoms with Crippen LogP contribution >= 0.6 is 0 Å². The van der Waals surface area contributed by atoms with Gasteiger partial charge in [0.15, 0.2) is 4.98 Å². The highest BCUT2D eigenvalue weighted by Crippen LogP contribution is 2.33. The second-order valence-corrected chi connectivity index (χ2v) is 5.75. The molecule has 8 heteroatoms. The lowest BCUT2D eigenvalue weighted by Gasteiger charge is -2.09. The largest absolute Gasteiger partial charge is 0.491 e. The molecule has 3 rings (SSSR count). The van der Waals surface area contributed by atoms with E-state index in [9.17, 15) is 9.59 Å². The van der Waals surface area contributed by atoms with Gasteiger partial charge in [-0.3, -0.25) is 19.4 Å². The Balaban J connectivity index is 2.07. The van der Waals surface area contributed by atoms with Crippen LogP contribution in [-0.4, -0.2) is 14.8 Å². The SMILES string of the molecule is Cn1c(N/N=C(\c2ccccc2)C2CC2)c([N+]#N)c(=O)n(C)c1=O. The highest BCUT2D eigenvalue weighted by atomic mass is 16.2. The molecule has 0 aliphatic heterocycles. The smallest absolute Gasteiger partial charge is 0.275 e. The van der Waals surface area contributed by atoms with Crippen LogP contribution in [0.1, 0.15) is 18.4 Å². The molecule has 1 aliphatic carbocycles. The lowest BCUT2D eigenvalue weighted by atomic mass is 10.1. The van der Waals surface area contributed by atoms with Crippen LogP contribution in [0.4, 0.5) is 11.5 Å². The van der Waals surface area contributed by atoms with Gasteiger partial charge in [0.1, 0.15) is 0 Å². The number of diazo groups is 1. The third-order valence-electron chi connectivity index (χ3n) is 4.06. The molecule has 1 aromatic carbocycles. The molecule has 1 heterocycles. The van der Waals surface area contributed by atoms with Crippen LogP contribution in [0, 0.1) is 11.3 Å². The Bertz CT molecular complexity index is 961. The molecule has 0 radical (unpaired) electrons. The van der Waals surface area contributed by atoms with Gasteiger partial charge in [-0.1, -0.05) is 30.3 Å². The van der Waals surface area contributed by atoms with Crippen molar-refractivity contribution in [2.45, 2.75) is 12.8 Å². The lowest BCUT2D eigenvalue weighted by Crippen LogP contribution is -2.37. The average molecular weight is 325 g/mol. The van der Waals surface area contributed by atoms with E-state index in [0.29, 0.717) is 5.92 Å². The van der Waals surface area contributed by atoms with E-state index in [1.54, 1.807) is 0 Å². The van der Waals surface area contributed by atoms with Crippen molar-refractivity contribution in [1.82, 2.24) is 9.13 Å². The van der Waals surface area contributed by atoms with Crippen LogP contribution in [-0.2, 0) is 14.1 Å². The second-order valence-electron chi connectivity index (χ2n) is 5.75. The van der Waals surface area contributed by atoms with Crippen molar-refractivity contribution in [3.8, 4) is 0 Å². The van der Waals surface area contributed by atoms with Crippen LogP contribution in [0.15, 0.2) is 45.0 Å². The minimum Gasteiger partial charge on any atom is -0.275 e. The Hall–Kier alpha value is -3.21. The zero-order valence-corrected chi connectivity index (χ0v) is 13.4. The number of anilines is 1. The molecule has 2 aromatic rings. The molecule has 1 aromatic heterocycles. The highest BCUT2D eigenvalue weighted by Gasteiger charge is 2.30. The summed E-state index contributed by atoms with van der Waals surface area (Å²) in [6.07, 6.45) is 2.09. The van der Waals surface area contributed by atoms with Crippen molar-refractivity contribution < 1.29 is 0 Å². The van der Waals surface area contributed by atoms with Gasteiger partial charge in [-0.25, -0.2) is 4.79 Å². The molecule has 1 N–H and O–H groups in total. The van der Waals surface area contributed by atoms with Crippen LogP contribution < -0.4 is 16.7 Å². The molecule has 0 spiro atoms. The van der Waals surface area contributed by atoms with E-state index in [0.717, 1.165) is 28.7 Å². The summed E-state index contributed by atoms with van der Waals surface area (Å²) >= 11 is 0. The molecule has 1 fully saturated rings. The maximum absolute atomic E-state index is 12.1. The molecule has 122 valence electrons. The normalized spacial score (nSPS) is 14.3. The number of aromatic nitrogens is 2. The van der Waals surface area contributed by atoms with Gasteiger partial charge in [-0.2, -0.15) is 5.10 Å². The Kier molecular flexibility index (Phi) is 4.00. The minimum absolute atomic E-state index is 0.0553. The van der Waals surface area contributed by atoms with Gasteiger partial charge in [0.25, 0.3) is 0 Å². The first-order valence-electron chi connectivity index (χ1n) is 7.58. The predicted molar refractivity (Wildman–Crippen MR) is 91.0 cm³/mol. The minimum atomic E-state index is -0.689. The predicted octanol–water partition coefficient (Wildman–Crippen LogP) is 1.79. The number of hydrazone groups is 1. The van der Waals surface area contributed by atoms with E-state index < -0.39 is 11.2 Å². The van der Waals surface area contributed by atoms with E-state index in [1.807, 2.05) is 30.3 Å². The average Bonchev–Trinajstić information content (AvgIpc) is 3.43. The maximum Gasteiger partial charge on any atom is 0.491 e. The van der Waals surface area contributed by atoms with E-state index in [-0.39, 0.29) is 11.5 Å². The van der Waals surface area contributed by atoms with Gasteiger partial charge < -0.3 is 0 Å². The summed E-state index contributed by atoms with van der Waals surface area (Å²) in [5.74, 6) is 0.401. The molecule has 1 saturated carbocycles. The summed E-state index contributed by atoms with van der Waals surface area (Å²) in [5, 5.41) is 13.5. The van der Waals surface area contributed by atoms with Crippen molar-refractivity contribution in [3.63, 3.8) is 0 Å². The Morgan fingerprint density at radius 2 is 1.88 bits per heavy atom. The molecule has 0 atom stereocenters. The first-order chi connectivity index (χ1) is 11.5.